The van der Waals surface area contributed by atoms with Gasteiger partial charge in [-0.1, -0.05) is 30.3 Å². The molecule has 0 unspecified atom stereocenters. The van der Waals surface area contributed by atoms with Crippen LogP contribution in [0.15, 0.2) is 49.0 Å². The first-order valence-corrected chi connectivity index (χ1v) is 7.10. The third kappa shape index (κ3) is 4.06. The highest BCUT2D eigenvalue weighted by atomic mass is 14.9. The zero-order chi connectivity index (χ0) is 15.4. The largest absolute Gasteiger partial charge is 0.355 e. The fourth-order valence-electron chi connectivity index (χ4n) is 2.30. The Morgan fingerprint density at radius 3 is 2.57 bits per heavy atom. The minimum Gasteiger partial charge on any atom is -0.355 e. The second-order valence-corrected chi connectivity index (χ2v) is 5.64. The summed E-state index contributed by atoms with van der Waals surface area (Å²) in [6, 6.07) is 14.7. The number of hydrogen-bond acceptors (Lipinski definition) is 1. The van der Waals surface area contributed by atoms with Crippen LogP contribution in [-0.2, 0) is 0 Å². The molecule has 0 amide bonds. The first kappa shape index (κ1) is 15.0. The van der Waals surface area contributed by atoms with Crippen LogP contribution >= 0.6 is 0 Å². The van der Waals surface area contributed by atoms with Crippen molar-refractivity contribution < 1.29 is 4.58 Å². The van der Waals surface area contributed by atoms with E-state index in [9.17, 15) is 0 Å². The van der Waals surface area contributed by atoms with Gasteiger partial charge in [-0.3, -0.25) is 0 Å². The summed E-state index contributed by atoms with van der Waals surface area (Å²) >= 11 is 0. The van der Waals surface area contributed by atoms with E-state index in [-0.39, 0.29) is 0 Å². The molecule has 0 saturated heterocycles. The van der Waals surface area contributed by atoms with E-state index in [0.717, 1.165) is 16.9 Å². The fourth-order valence-corrected chi connectivity index (χ4v) is 2.30. The lowest BCUT2D eigenvalue weighted by atomic mass is 10.0. The third-order valence-corrected chi connectivity index (χ3v) is 3.31. The van der Waals surface area contributed by atoms with Crippen molar-refractivity contribution in [3.8, 4) is 0 Å². The molecule has 1 N–H and O–H groups in total. The minimum atomic E-state index is 0.929. The molecule has 0 bridgehead atoms. The molecular weight excluding hydrogens is 256 g/mol. The molecule has 0 fully saturated rings. The first-order valence-electron chi connectivity index (χ1n) is 7.10. The van der Waals surface area contributed by atoms with Gasteiger partial charge in [0.05, 0.1) is 0 Å². The zero-order valence-corrected chi connectivity index (χ0v) is 13.3. The smallest absolute Gasteiger partial charge is 0.170 e. The summed E-state index contributed by atoms with van der Waals surface area (Å²) in [5, 5.41) is 3.41. The molecule has 2 heteroatoms. The summed E-state index contributed by atoms with van der Waals surface area (Å²) in [5.41, 5.74) is 6.79. The minimum absolute atomic E-state index is 0.929. The Hall–Kier alpha value is -2.35. The van der Waals surface area contributed by atoms with Gasteiger partial charge in [0.1, 0.15) is 14.1 Å². The highest BCUT2D eigenvalue weighted by molar-refractivity contribution is 5.81. The lowest BCUT2D eigenvalue weighted by molar-refractivity contribution is -0.458. The Morgan fingerprint density at radius 2 is 1.86 bits per heavy atom. The molecule has 21 heavy (non-hydrogen) atoms. The van der Waals surface area contributed by atoms with Crippen LogP contribution in [0.1, 0.15) is 22.3 Å². The van der Waals surface area contributed by atoms with E-state index in [1.807, 2.05) is 24.7 Å². The second-order valence-electron chi connectivity index (χ2n) is 5.64. The fraction of sp³-hybridized carbons (Fsp3) is 0.211. The van der Waals surface area contributed by atoms with E-state index < -0.39 is 0 Å². The van der Waals surface area contributed by atoms with Crippen LogP contribution in [-0.4, -0.2) is 24.9 Å². The van der Waals surface area contributed by atoms with E-state index in [0.29, 0.717) is 0 Å². The molecule has 108 valence electrons. The van der Waals surface area contributed by atoms with Crippen molar-refractivity contribution in [1.29, 1.82) is 0 Å². The summed E-state index contributed by atoms with van der Waals surface area (Å²) in [4.78, 5) is 0. The number of aryl methyl sites for hydroxylation is 2. The average Bonchev–Trinajstić information content (AvgIpc) is 2.41. The number of rotatable bonds is 4. The van der Waals surface area contributed by atoms with Gasteiger partial charge in [-0.25, -0.2) is 4.58 Å². The highest BCUT2D eigenvalue weighted by Crippen LogP contribution is 2.21. The maximum atomic E-state index is 4.18. The van der Waals surface area contributed by atoms with Crippen molar-refractivity contribution >= 4 is 17.6 Å². The summed E-state index contributed by atoms with van der Waals surface area (Å²) in [6.45, 7) is 8.39. The molecule has 0 aliphatic carbocycles. The van der Waals surface area contributed by atoms with Crippen LogP contribution in [0, 0.1) is 13.8 Å². The van der Waals surface area contributed by atoms with Crippen molar-refractivity contribution in [3.63, 3.8) is 0 Å². The first-order chi connectivity index (χ1) is 9.95. The number of hydrogen-bond donors (Lipinski definition) is 1. The molecule has 2 aromatic carbocycles. The Balaban J connectivity index is 2.23. The molecule has 2 aromatic rings. The maximum absolute atomic E-state index is 4.18. The van der Waals surface area contributed by atoms with Crippen LogP contribution in [0.25, 0.3) is 5.70 Å². The van der Waals surface area contributed by atoms with Gasteiger partial charge in [0.25, 0.3) is 0 Å². The quantitative estimate of drug-likeness (QED) is 0.658. The Kier molecular flexibility index (Phi) is 4.59. The lowest BCUT2D eigenvalue weighted by Crippen LogP contribution is -2.02. The molecule has 2 rings (SSSR count). The van der Waals surface area contributed by atoms with Gasteiger partial charge in [-0.05, 0) is 43.7 Å². The van der Waals surface area contributed by atoms with Crippen LogP contribution in [0.5, 0.6) is 0 Å². The maximum Gasteiger partial charge on any atom is 0.170 e. The Morgan fingerprint density at radius 1 is 1.10 bits per heavy atom. The summed E-state index contributed by atoms with van der Waals surface area (Å²) in [7, 11) is 4.05. The van der Waals surface area contributed by atoms with Crippen molar-refractivity contribution in [2.45, 2.75) is 13.8 Å². The molecule has 0 aromatic heterocycles. The van der Waals surface area contributed by atoms with Gasteiger partial charge in [0.2, 0.25) is 0 Å². The average molecular weight is 279 g/mol. The van der Waals surface area contributed by atoms with Crippen molar-refractivity contribution in [2.24, 2.45) is 0 Å². The van der Waals surface area contributed by atoms with Crippen LogP contribution in [0.3, 0.4) is 0 Å². The van der Waals surface area contributed by atoms with Crippen LogP contribution in [0.2, 0.25) is 0 Å². The molecule has 0 heterocycles. The molecule has 0 aliphatic heterocycles. The predicted molar refractivity (Wildman–Crippen MR) is 92.3 cm³/mol. The highest BCUT2D eigenvalue weighted by Gasteiger charge is 2.04. The van der Waals surface area contributed by atoms with Gasteiger partial charge in [0, 0.05) is 22.5 Å². The van der Waals surface area contributed by atoms with Gasteiger partial charge in [-0.2, -0.15) is 0 Å². The molecule has 0 saturated carbocycles. The van der Waals surface area contributed by atoms with Gasteiger partial charge in [0.15, 0.2) is 6.21 Å². The van der Waals surface area contributed by atoms with E-state index in [1.54, 1.807) is 0 Å². The summed E-state index contributed by atoms with van der Waals surface area (Å²) in [6.07, 6.45) is 2.09. The second kappa shape index (κ2) is 6.40. The third-order valence-electron chi connectivity index (χ3n) is 3.31. The van der Waals surface area contributed by atoms with Gasteiger partial charge in [-0.15, -0.1) is 0 Å². The van der Waals surface area contributed by atoms with Gasteiger partial charge >= 0.3 is 0 Å². The van der Waals surface area contributed by atoms with Crippen molar-refractivity contribution in [2.75, 3.05) is 19.4 Å². The van der Waals surface area contributed by atoms with Crippen LogP contribution in [0.4, 0.5) is 5.69 Å². The lowest BCUT2D eigenvalue weighted by Gasteiger charge is -2.13. The summed E-state index contributed by atoms with van der Waals surface area (Å²) in [5.74, 6) is 0. The van der Waals surface area contributed by atoms with E-state index >= 15 is 0 Å². The van der Waals surface area contributed by atoms with Gasteiger partial charge < -0.3 is 5.32 Å². The molecule has 0 radical (unpaired) electrons. The molecule has 0 aliphatic rings. The number of anilines is 1. The summed E-state index contributed by atoms with van der Waals surface area (Å²) < 4.78 is 2.04. The number of nitrogens with zero attached hydrogens (tertiary/aromatic N) is 1. The van der Waals surface area contributed by atoms with E-state index in [4.69, 9.17) is 0 Å². The van der Waals surface area contributed by atoms with E-state index in [1.165, 1.54) is 16.7 Å². The SMILES string of the molecule is C=C(Nc1cccc(C=[N+](C)C)c1)c1cc(C)ccc1C. The van der Waals surface area contributed by atoms with Crippen LogP contribution < -0.4 is 5.32 Å². The van der Waals surface area contributed by atoms with E-state index in [2.05, 4.69) is 68.4 Å². The number of nitrogens with one attached hydrogen (secondary N) is 1. The predicted octanol–water partition coefficient (Wildman–Crippen LogP) is 4.08. The number of benzene rings is 2. The molecule has 0 spiro atoms. The molecular formula is C19H23N2+. The Labute approximate surface area is 127 Å². The Bertz CT molecular complexity index is 692. The molecule has 0 atom stereocenters. The standard InChI is InChI=1S/C19H23N2/c1-14-9-10-15(2)19(11-14)16(3)20-18-8-6-7-17(12-18)13-21(4)5/h6-13,20H,3H2,1-2,4-5H3/q+1. The normalized spacial score (nSPS) is 10.1. The molecule has 2 nitrogen and oxygen atoms in total. The van der Waals surface area contributed by atoms with Crippen molar-refractivity contribution in [3.05, 3.63) is 71.3 Å². The monoisotopic (exact) mass is 279 g/mol. The topological polar surface area (TPSA) is 15.0 Å². The zero-order valence-electron chi connectivity index (χ0n) is 13.3. The van der Waals surface area contributed by atoms with Crippen molar-refractivity contribution in [1.82, 2.24) is 0 Å².